The molecule has 0 saturated carbocycles. The number of anilines is 1. The first kappa shape index (κ1) is 13.0. The largest absolute Gasteiger partial charge is 0.506 e. The van der Waals surface area contributed by atoms with Gasteiger partial charge in [0.05, 0.1) is 22.3 Å². The molecule has 0 atom stereocenters. The van der Waals surface area contributed by atoms with E-state index in [-0.39, 0.29) is 5.75 Å². The molecule has 1 aromatic carbocycles. The van der Waals surface area contributed by atoms with E-state index in [1.54, 1.807) is 24.3 Å². The number of hydrogen-bond acceptors (Lipinski definition) is 3. The van der Waals surface area contributed by atoms with E-state index in [9.17, 15) is 5.11 Å². The summed E-state index contributed by atoms with van der Waals surface area (Å²) < 4.78 is 0. The third-order valence-electron chi connectivity index (χ3n) is 2.49. The Morgan fingerprint density at radius 1 is 1.22 bits per heavy atom. The van der Waals surface area contributed by atoms with Gasteiger partial charge in [-0.25, -0.2) is 0 Å². The fourth-order valence-electron chi connectivity index (χ4n) is 1.55. The van der Waals surface area contributed by atoms with Gasteiger partial charge in [0, 0.05) is 5.69 Å². The van der Waals surface area contributed by atoms with Crippen LogP contribution in [0.25, 0.3) is 0 Å². The predicted octanol–water partition coefficient (Wildman–Crippen LogP) is 4.01. The lowest BCUT2D eigenvalue weighted by Crippen LogP contribution is -2.03. The molecule has 0 radical (unpaired) electrons. The van der Waals surface area contributed by atoms with Crippen LogP contribution in [0.15, 0.2) is 30.3 Å². The molecule has 0 spiro atoms. The molecule has 1 heterocycles. The molecule has 0 unspecified atom stereocenters. The quantitative estimate of drug-likeness (QED) is 0.894. The number of halogens is 2. The molecule has 0 bridgehead atoms. The molecule has 3 nitrogen and oxygen atoms in total. The number of aromatic hydroxyl groups is 1. The number of nitrogens with one attached hydrogen (secondary N) is 1. The lowest BCUT2D eigenvalue weighted by Gasteiger charge is -2.10. The number of hydrogen-bond donors (Lipinski definition) is 2. The Balaban J connectivity index is 2.16. The van der Waals surface area contributed by atoms with E-state index < -0.39 is 0 Å². The molecule has 2 rings (SSSR count). The number of rotatable bonds is 3. The summed E-state index contributed by atoms with van der Waals surface area (Å²) >= 11 is 12.0. The molecule has 0 amide bonds. The normalized spacial score (nSPS) is 10.4. The highest BCUT2D eigenvalue weighted by Gasteiger charge is 2.06. The topological polar surface area (TPSA) is 45.1 Å². The minimum absolute atomic E-state index is 0.159. The highest BCUT2D eigenvalue weighted by atomic mass is 35.5. The van der Waals surface area contributed by atoms with Crippen LogP contribution in [0, 0.1) is 6.92 Å². The van der Waals surface area contributed by atoms with E-state index in [2.05, 4.69) is 10.3 Å². The Morgan fingerprint density at radius 2 is 2.00 bits per heavy atom. The van der Waals surface area contributed by atoms with Crippen LogP contribution < -0.4 is 5.32 Å². The van der Waals surface area contributed by atoms with Crippen LogP contribution in [0.1, 0.15) is 11.4 Å². The number of pyridine rings is 1. The van der Waals surface area contributed by atoms with Crippen LogP contribution >= 0.6 is 23.2 Å². The zero-order valence-corrected chi connectivity index (χ0v) is 11.3. The number of benzene rings is 1. The van der Waals surface area contributed by atoms with Gasteiger partial charge < -0.3 is 10.4 Å². The maximum atomic E-state index is 9.68. The average molecular weight is 283 g/mol. The Hall–Kier alpha value is -1.45. The van der Waals surface area contributed by atoms with Gasteiger partial charge in [0.25, 0.3) is 0 Å². The predicted molar refractivity (Wildman–Crippen MR) is 74.4 cm³/mol. The van der Waals surface area contributed by atoms with Crippen molar-refractivity contribution in [3.05, 3.63) is 51.8 Å². The van der Waals surface area contributed by atoms with Gasteiger partial charge in [0.1, 0.15) is 11.4 Å². The summed E-state index contributed by atoms with van der Waals surface area (Å²) in [7, 11) is 0. The third-order valence-corrected chi connectivity index (χ3v) is 3.31. The first-order valence-corrected chi connectivity index (χ1v) is 6.17. The van der Waals surface area contributed by atoms with Crippen molar-refractivity contribution in [2.75, 3.05) is 5.32 Å². The standard InChI is InChI=1S/C13H12Cl2N2O/c1-8-5-6-12(18)11(17-8)7-16-10-4-2-3-9(14)13(10)15/h2-6,16,18H,7H2,1H3. The Morgan fingerprint density at radius 3 is 2.78 bits per heavy atom. The number of aryl methyl sites for hydroxylation is 1. The first-order chi connectivity index (χ1) is 8.58. The van der Waals surface area contributed by atoms with E-state index in [1.165, 1.54) is 0 Å². The van der Waals surface area contributed by atoms with E-state index in [4.69, 9.17) is 23.2 Å². The van der Waals surface area contributed by atoms with E-state index in [0.29, 0.717) is 28.0 Å². The summed E-state index contributed by atoms with van der Waals surface area (Å²) in [6.07, 6.45) is 0. The molecule has 1 aromatic heterocycles. The van der Waals surface area contributed by atoms with E-state index in [1.807, 2.05) is 13.0 Å². The molecular weight excluding hydrogens is 271 g/mol. The Bertz CT molecular complexity index is 571. The fourth-order valence-corrected chi connectivity index (χ4v) is 1.92. The molecule has 18 heavy (non-hydrogen) atoms. The van der Waals surface area contributed by atoms with Gasteiger partial charge in [-0.3, -0.25) is 4.98 Å². The maximum Gasteiger partial charge on any atom is 0.138 e. The van der Waals surface area contributed by atoms with Crippen LogP contribution in [0.2, 0.25) is 10.0 Å². The van der Waals surface area contributed by atoms with Crippen molar-refractivity contribution in [3.63, 3.8) is 0 Å². The lowest BCUT2D eigenvalue weighted by molar-refractivity contribution is 0.464. The Kier molecular flexibility index (Phi) is 3.94. The van der Waals surface area contributed by atoms with Crippen LogP contribution in [-0.4, -0.2) is 10.1 Å². The van der Waals surface area contributed by atoms with Crippen molar-refractivity contribution in [2.24, 2.45) is 0 Å². The minimum atomic E-state index is 0.159. The molecule has 0 aliphatic heterocycles. The summed E-state index contributed by atoms with van der Waals surface area (Å²) in [5.41, 5.74) is 2.14. The van der Waals surface area contributed by atoms with Gasteiger partial charge in [-0.15, -0.1) is 0 Å². The molecule has 0 aliphatic rings. The number of aromatic nitrogens is 1. The van der Waals surface area contributed by atoms with Gasteiger partial charge in [-0.2, -0.15) is 0 Å². The molecule has 2 aromatic rings. The molecule has 0 aliphatic carbocycles. The van der Waals surface area contributed by atoms with Gasteiger partial charge in [0.2, 0.25) is 0 Å². The molecular formula is C13H12Cl2N2O. The van der Waals surface area contributed by atoms with Crippen LogP contribution in [0.4, 0.5) is 5.69 Å². The van der Waals surface area contributed by atoms with Crippen molar-refractivity contribution < 1.29 is 5.11 Å². The van der Waals surface area contributed by atoms with Crippen LogP contribution in [-0.2, 0) is 6.54 Å². The van der Waals surface area contributed by atoms with Crippen molar-refractivity contribution in [1.29, 1.82) is 0 Å². The summed E-state index contributed by atoms with van der Waals surface area (Å²) in [6, 6.07) is 8.72. The second-order valence-electron chi connectivity index (χ2n) is 3.87. The van der Waals surface area contributed by atoms with Gasteiger partial charge >= 0.3 is 0 Å². The molecule has 0 saturated heterocycles. The molecule has 5 heteroatoms. The summed E-state index contributed by atoms with van der Waals surface area (Å²) in [6.45, 7) is 2.25. The van der Waals surface area contributed by atoms with Crippen molar-refractivity contribution >= 4 is 28.9 Å². The SMILES string of the molecule is Cc1ccc(O)c(CNc2cccc(Cl)c2Cl)n1. The summed E-state index contributed by atoms with van der Waals surface area (Å²) in [5, 5.41) is 13.7. The smallest absolute Gasteiger partial charge is 0.138 e. The highest BCUT2D eigenvalue weighted by Crippen LogP contribution is 2.30. The molecule has 2 N–H and O–H groups in total. The van der Waals surface area contributed by atoms with Gasteiger partial charge in [-0.05, 0) is 31.2 Å². The average Bonchev–Trinajstić information content (AvgIpc) is 2.35. The third kappa shape index (κ3) is 2.86. The lowest BCUT2D eigenvalue weighted by atomic mass is 10.2. The van der Waals surface area contributed by atoms with Crippen molar-refractivity contribution in [3.8, 4) is 5.75 Å². The van der Waals surface area contributed by atoms with E-state index >= 15 is 0 Å². The van der Waals surface area contributed by atoms with E-state index in [0.717, 1.165) is 5.69 Å². The first-order valence-electron chi connectivity index (χ1n) is 5.41. The van der Waals surface area contributed by atoms with Crippen molar-refractivity contribution in [1.82, 2.24) is 4.98 Å². The Labute approximate surface area is 115 Å². The zero-order valence-electron chi connectivity index (χ0n) is 9.74. The van der Waals surface area contributed by atoms with Gasteiger partial charge in [-0.1, -0.05) is 29.3 Å². The van der Waals surface area contributed by atoms with Gasteiger partial charge in [0.15, 0.2) is 0 Å². The zero-order chi connectivity index (χ0) is 13.1. The maximum absolute atomic E-state index is 9.68. The monoisotopic (exact) mass is 282 g/mol. The molecule has 94 valence electrons. The summed E-state index contributed by atoms with van der Waals surface area (Å²) in [4.78, 5) is 4.25. The fraction of sp³-hybridized carbons (Fsp3) is 0.154. The van der Waals surface area contributed by atoms with Crippen LogP contribution in [0.3, 0.4) is 0 Å². The number of nitrogens with zero attached hydrogens (tertiary/aromatic N) is 1. The summed E-state index contributed by atoms with van der Waals surface area (Å²) in [5.74, 6) is 0.159. The van der Waals surface area contributed by atoms with Crippen molar-refractivity contribution in [2.45, 2.75) is 13.5 Å². The minimum Gasteiger partial charge on any atom is -0.506 e. The van der Waals surface area contributed by atoms with Crippen LogP contribution in [0.5, 0.6) is 5.75 Å². The second kappa shape index (κ2) is 5.46. The molecule has 0 fully saturated rings. The second-order valence-corrected chi connectivity index (χ2v) is 4.66. The highest BCUT2D eigenvalue weighted by molar-refractivity contribution is 6.43.